The van der Waals surface area contributed by atoms with Gasteiger partial charge in [0.25, 0.3) is 10.0 Å². The van der Waals surface area contributed by atoms with Gasteiger partial charge in [0.1, 0.15) is 16.2 Å². The predicted octanol–water partition coefficient (Wildman–Crippen LogP) is 3.89. The number of sulfonamides is 1. The van der Waals surface area contributed by atoms with E-state index in [0.717, 1.165) is 6.33 Å². The molecule has 1 aromatic carbocycles. The molecule has 106 valence electrons. The first-order valence-corrected chi connectivity index (χ1v) is 7.95. The van der Waals surface area contributed by atoms with Crippen molar-refractivity contribution in [3.05, 3.63) is 44.7 Å². The second-order valence-electron chi connectivity index (χ2n) is 3.48. The fraction of sp³-hybridized carbons (Fsp3) is 0. The molecule has 0 unspecified atom stereocenters. The molecule has 0 saturated carbocycles. The fourth-order valence-electron chi connectivity index (χ4n) is 1.34. The highest BCUT2D eigenvalue weighted by molar-refractivity contribution is 7.93. The molecular formula is C10H5Cl4N3O2S. The Morgan fingerprint density at radius 1 is 1.00 bits per heavy atom. The largest absolute Gasteiger partial charge is 0.266 e. The Kier molecular flexibility index (Phi) is 4.61. The SMILES string of the molecule is O=S(=O)(Nc1ncnc(Cl)c1Cl)c1c(Cl)cccc1Cl. The number of anilines is 1. The molecule has 1 N–H and O–H groups in total. The van der Waals surface area contributed by atoms with E-state index in [1.54, 1.807) is 0 Å². The van der Waals surface area contributed by atoms with Crippen LogP contribution in [0.15, 0.2) is 29.4 Å². The normalized spacial score (nSPS) is 11.4. The predicted molar refractivity (Wildman–Crippen MR) is 79.3 cm³/mol. The van der Waals surface area contributed by atoms with Crippen LogP contribution in [0.3, 0.4) is 0 Å². The molecule has 0 aliphatic rings. The van der Waals surface area contributed by atoms with Crippen molar-refractivity contribution in [3.63, 3.8) is 0 Å². The third kappa shape index (κ3) is 3.10. The number of nitrogens with one attached hydrogen (secondary N) is 1. The van der Waals surface area contributed by atoms with Crippen molar-refractivity contribution in [2.75, 3.05) is 4.72 Å². The number of benzene rings is 1. The molecular weight excluding hydrogens is 368 g/mol. The number of hydrogen-bond acceptors (Lipinski definition) is 4. The molecule has 2 aromatic rings. The first kappa shape index (κ1) is 15.6. The molecule has 0 amide bonds. The highest BCUT2D eigenvalue weighted by atomic mass is 35.5. The molecule has 0 saturated heterocycles. The number of hydrogen-bond donors (Lipinski definition) is 1. The third-order valence-electron chi connectivity index (χ3n) is 2.17. The summed E-state index contributed by atoms with van der Waals surface area (Å²) < 4.78 is 26.7. The van der Waals surface area contributed by atoms with Gasteiger partial charge < -0.3 is 0 Å². The van der Waals surface area contributed by atoms with Crippen molar-refractivity contribution in [3.8, 4) is 0 Å². The Morgan fingerprint density at radius 2 is 1.60 bits per heavy atom. The van der Waals surface area contributed by atoms with Gasteiger partial charge in [-0.3, -0.25) is 4.72 Å². The van der Waals surface area contributed by atoms with Crippen LogP contribution in [0.4, 0.5) is 5.82 Å². The zero-order valence-electron chi connectivity index (χ0n) is 9.44. The minimum absolute atomic E-state index is 0.0266. The van der Waals surface area contributed by atoms with Crippen molar-refractivity contribution in [2.24, 2.45) is 0 Å². The first-order chi connectivity index (χ1) is 9.33. The lowest BCUT2D eigenvalue weighted by Crippen LogP contribution is -2.15. The lowest BCUT2D eigenvalue weighted by atomic mass is 10.4. The summed E-state index contributed by atoms with van der Waals surface area (Å²) >= 11 is 23.2. The van der Waals surface area contributed by atoms with E-state index in [0.29, 0.717) is 0 Å². The van der Waals surface area contributed by atoms with Gasteiger partial charge in [0, 0.05) is 0 Å². The summed E-state index contributed by atoms with van der Waals surface area (Å²) in [5, 5.41) is -0.256. The van der Waals surface area contributed by atoms with Gasteiger partial charge in [0.2, 0.25) is 0 Å². The molecule has 0 atom stereocenters. The maximum absolute atomic E-state index is 12.3. The van der Waals surface area contributed by atoms with E-state index in [-0.39, 0.29) is 30.9 Å². The monoisotopic (exact) mass is 371 g/mol. The summed E-state index contributed by atoms with van der Waals surface area (Å²) in [6, 6.07) is 4.32. The molecule has 0 fully saturated rings. The molecule has 0 spiro atoms. The zero-order valence-corrected chi connectivity index (χ0v) is 13.3. The standard InChI is InChI=1S/C10H5Cl4N3O2S/c11-5-2-1-3-6(12)8(5)20(18,19)17-10-7(13)9(14)15-4-16-10/h1-4H,(H,15,16,17). The summed E-state index contributed by atoms with van der Waals surface area (Å²) in [4.78, 5) is 7.05. The van der Waals surface area contributed by atoms with Gasteiger partial charge in [-0.1, -0.05) is 52.5 Å². The maximum Gasteiger partial charge on any atom is 0.266 e. The van der Waals surface area contributed by atoms with Gasteiger partial charge in [-0.05, 0) is 12.1 Å². The van der Waals surface area contributed by atoms with Crippen LogP contribution in [0.2, 0.25) is 20.2 Å². The molecule has 0 bridgehead atoms. The van der Waals surface area contributed by atoms with Crippen molar-refractivity contribution in [2.45, 2.75) is 4.90 Å². The van der Waals surface area contributed by atoms with E-state index in [4.69, 9.17) is 46.4 Å². The number of rotatable bonds is 3. The van der Waals surface area contributed by atoms with Gasteiger partial charge in [-0.15, -0.1) is 0 Å². The minimum atomic E-state index is -4.06. The van der Waals surface area contributed by atoms with E-state index >= 15 is 0 Å². The van der Waals surface area contributed by atoms with E-state index < -0.39 is 10.0 Å². The quantitative estimate of drug-likeness (QED) is 0.829. The minimum Gasteiger partial charge on any atom is -0.262 e. The number of aromatic nitrogens is 2. The van der Waals surface area contributed by atoms with E-state index in [2.05, 4.69) is 14.7 Å². The third-order valence-corrected chi connectivity index (χ3v) is 5.20. The molecule has 20 heavy (non-hydrogen) atoms. The van der Waals surface area contributed by atoms with E-state index in [1.165, 1.54) is 18.2 Å². The Labute approximate surface area is 134 Å². The van der Waals surface area contributed by atoms with Gasteiger partial charge in [0.15, 0.2) is 11.0 Å². The lowest BCUT2D eigenvalue weighted by molar-refractivity contribution is 0.601. The average Bonchev–Trinajstić information content (AvgIpc) is 2.34. The van der Waals surface area contributed by atoms with Crippen LogP contribution in [0, 0.1) is 0 Å². The summed E-state index contributed by atoms with van der Waals surface area (Å²) in [5.74, 6) is -0.164. The first-order valence-electron chi connectivity index (χ1n) is 4.96. The van der Waals surface area contributed by atoms with Gasteiger partial charge in [-0.25, -0.2) is 18.4 Å². The molecule has 1 heterocycles. The smallest absolute Gasteiger partial charge is 0.262 e. The van der Waals surface area contributed by atoms with Crippen LogP contribution in [-0.4, -0.2) is 18.4 Å². The van der Waals surface area contributed by atoms with Crippen LogP contribution in [0.25, 0.3) is 0 Å². The summed E-state index contributed by atoms with van der Waals surface area (Å²) in [6.45, 7) is 0. The molecule has 0 radical (unpaired) electrons. The Bertz CT molecular complexity index is 747. The highest BCUT2D eigenvalue weighted by Crippen LogP contribution is 2.32. The lowest BCUT2D eigenvalue weighted by Gasteiger charge is -2.11. The van der Waals surface area contributed by atoms with E-state index in [1.807, 2.05) is 0 Å². The zero-order chi connectivity index (χ0) is 14.9. The van der Waals surface area contributed by atoms with Crippen molar-refractivity contribution >= 4 is 62.2 Å². The van der Waals surface area contributed by atoms with Crippen LogP contribution in [0.1, 0.15) is 0 Å². The van der Waals surface area contributed by atoms with Crippen LogP contribution in [0.5, 0.6) is 0 Å². The molecule has 0 aliphatic carbocycles. The van der Waals surface area contributed by atoms with Crippen LogP contribution in [-0.2, 0) is 10.0 Å². The van der Waals surface area contributed by atoms with Gasteiger partial charge in [0.05, 0.1) is 10.0 Å². The van der Waals surface area contributed by atoms with Gasteiger partial charge >= 0.3 is 0 Å². The van der Waals surface area contributed by atoms with Crippen molar-refractivity contribution in [1.82, 2.24) is 9.97 Å². The summed E-state index contributed by atoms with van der Waals surface area (Å²) in [5.41, 5.74) is 0. The van der Waals surface area contributed by atoms with Crippen molar-refractivity contribution in [1.29, 1.82) is 0 Å². The topological polar surface area (TPSA) is 72.0 Å². The molecule has 1 aromatic heterocycles. The number of halogens is 4. The maximum atomic E-state index is 12.3. The molecule has 10 heteroatoms. The Hall–Kier alpha value is -0.790. The summed E-state index contributed by atoms with van der Waals surface area (Å²) in [7, 11) is -4.06. The highest BCUT2D eigenvalue weighted by Gasteiger charge is 2.23. The fourth-order valence-corrected chi connectivity index (χ4v) is 3.84. The molecule has 2 rings (SSSR count). The summed E-state index contributed by atoms with van der Waals surface area (Å²) in [6.07, 6.45) is 1.07. The van der Waals surface area contributed by atoms with Crippen molar-refractivity contribution < 1.29 is 8.42 Å². The molecule has 5 nitrogen and oxygen atoms in total. The average molecular weight is 373 g/mol. The number of nitrogens with zero attached hydrogens (tertiary/aromatic N) is 2. The Balaban J connectivity index is 2.50. The van der Waals surface area contributed by atoms with Gasteiger partial charge in [-0.2, -0.15) is 0 Å². The second kappa shape index (κ2) is 5.91. The van der Waals surface area contributed by atoms with Crippen LogP contribution < -0.4 is 4.72 Å². The van der Waals surface area contributed by atoms with E-state index in [9.17, 15) is 8.42 Å². The molecule has 0 aliphatic heterocycles. The Morgan fingerprint density at radius 3 is 2.20 bits per heavy atom. The second-order valence-corrected chi connectivity index (χ2v) is 6.65. The van der Waals surface area contributed by atoms with Crippen LogP contribution >= 0.6 is 46.4 Å².